The molecule has 0 bridgehead atoms. The molecule has 1 unspecified atom stereocenters. The Balaban J connectivity index is 2.13. The fourth-order valence-electron chi connectivity index (χ4n) is 2.29. The lowest BCUT2D eigenvalue weighted by Crippen LogP contribution is -2.28. The topological polar surface area (TPSA) is 35.2 Å². The van der Waals surface area contributed by atoms with Gasteiger partial charge >= 0.3 is 0 Å². The minimum Gasteiger partial charge on any atom is -0.490 e. The van der Waals surface area contributed by atoms with Gasteiger partial charge in [0.05, 0.1) is 6.10 Å². The van der Waals surface area contributed by atoms with Gasteiger partial charge < -0.3 is 10.5 Å². The van der Waals surface area contributed by atoms with Crippen LogP contribution in [0, 0.1) is 0 Å². The fourth-order valence-corrected chi connectivity index (χ4v) is 2.29. The van der Waals surface area contributed by atoms with E-state index in [0.29, 0.717) is 6.10 Å². The Morgan fingerprint density at radius 1 is 1.41 bits per heavy atom. The van der Waals surface area contributed by atoms with Gasteiger partial charge in [0, 0.05) is 6.04 Å². The van der Waals surface area contributed by atoms with Crippen LogP contribution in [0.5, 0.6) is 5.75 Å². The molecule has 2 heteroatoms. The van der Waals surface area contributed by atoms with E-state index in [2.05, 4.69) is 39.0 Å². The van der Waals surface area contributed by atoms with Gasteiger partial charge in [0.2, 0.25) is 0 Å². The molecule has 0 aromatic heterocycles. The van der Waals surface area contributed by atoms with Crippen LogP contribution in [0.2, 0.25) is 0 Å². The number of ether oxygens (including phenoxy) is 1. The Kier molecular flexibility index (Phi) is 3.43. The van der Waals surface area contributed by atoms with E-state index in [1.165, 1.54) is 18.4 Å². The van der Waals surface area contributed by atoms with Gasteiger partial charge in [-0.15, -0.1) is 0 Å². The van der Waals surface area contributed by atoms with Crippen molar-refractivity contribution in [1.82, 2.24) is 0 Å². The summed E-state index contributed by atoms with van der Waals surface area (Å²) >= 11 is 0. The number of rotatable bonds is 5. The molecule has 0 aliphatic heterocycles. The summed E-state index contributed by atoms with van der Waals surface area (Å²) in [6.07, 6.45) is 3.85. The maximum atomic E-state index is 5.91. The second kappa shape index (κ2) is 4.69. The molecule has 2 N–H and O–H groups in total. The first-order chi connectivity index (χ1) is 7.97. The molecule has 1 aromatic carbocycles. The third-order valence-electron chi connectivity index (χ3n) is 3.27. The molecule has 0 saturated heterocycles. The Hall–Kier alpha value is -1.02. The Labute approximate surface area is 104 Å². The molecular weight excluding hydrogens is 210 g/mol. The minimum atomic E-state index is 0.108. The summed E-state index contributed by atoms with van der Waals surface area (Å²) in [7, 11) is 0. The molecule has 0 heterocycles. The highest BCUT2D eigenvalue weighted by molar-refractivity contribution is 5.33. The molecule has 1 fully saturated rings. The largest absolute Gasteiger partial charge is 0.490 e. The first-order valence-corrected chi connectivity index (χ1v) is 6.50. The Bertz CT molecular complexity index is 380. The maximum absolute atomic E-state index is 5.91. The summed E-state index contributed by atoms with van der Waals surface area (Å²) in [4.78, 5) is 0. The average Bonchev–Trinajstić information content (AvgIpc) is 3.00. The van der Waals surface area contributed by atoms with Crippen LogP contribution in [-0.4, -0.2) is 12.1 Å². The third-order valence-corrected chi connectivity index (χ3v) is 3.27. The number of hydrogen-bond donors (Lipinski definition) is 1. The van der Waals surface area contributed by atoms with E-state index in [-0.39, 0.29) is 11.5 Å². The van der Waals surface area contributed by atoms with Crippen LogP contribution in [0.25, 0.3) is 0 Å². The van der Waals surface area contributed by atoms with Gasteiger partial charge in [-0.05, 0) is 49.3 Å². The van der Waals surface area contributed by atoms with Crippen LogP contribution in [0.3, 0.4) is 0 Å². The van der Waals surface area contributed by atoms with Crippen molar-refractivity contribution in [2.75, 3.05) is 0 Å². The van der Waals surface area contributed by atoms with Crippen molar-refractivity contribution >= 4 is 0 Å². The van der Waals surface area contributed by atoms with Gasteiger partial charge in [-0.2, -0.15) is 0 Å². The van der Waals surface area contributed by atoms with E-state index < -0.39 is 0 Å². The zero-order valence-electron chi connectivity index (χ0n) is 11.1. The summed E-state index contributed by atoms with van der Waals surface area (Å²) < 4.78 is 5.83. The summed E-state index contributed by atoms with van der Waals surface area (Å²) in [6, 6.07) is 8.68. The van der Waals surface area contributed by atoms with Crippen LogP contribution < -0.4 is 10.5 Å². The summed E-state index contributed by atoms with van der Waals surface area (Å²) in [5, 5.41) is 0. The van der Waals surface area contributed by atoms with Crippen LogP contribution >= 0.6 is 0 Å². The standard InChI is InChI=1S/C15H23NO/c1-11(16)10-15(2,3)12-5-4-6-14(9-12)17-13-7-8-13/h4-6,9,11,13H,7-8,10,16H2,1-3H3. The lowest BCUT2D eigenvalue weighted by Gasteiger charge is -2.27. The van der Waals surface area contributed by atoms with E-state index in [4.69, 9.17) is 10.5 Å². The highest BCUT2D eigenvalue weighted by atomic mass is 16.5. The minimum absolute atomic E-state index is 0.108. The van der Waals surface area contributed by atoms with Gasteiger partial charge in [0.1, 0.15) is 5.75 Å². The van der Waals surface area contributed by atoms with Gasteiger partial charge in [-0.3, -0.25) is 0 Å². The van der Waals surface area contributed by atoms with Crippen molar-refractivity contribution in [2.45, 2.75) is 57.6 Å². The van der Waals surface area contributed by atoms with Crippen molar-refractivity contribution < 1.29 is 4.74 Å². The van der Waals surface area contributed by atoms with Crippen molar-refractivity contribution in [3.05, 3.63) is 29.8 Å². The van der Waals surface area contributed by atoms with E-state index in [9.17, 15) is 0 Å². The van der Waals surface area contributed by atoms with Crippen LogP contribution in [0.4, 0.5) is 0 Å². The molecule has 1 saturated carbocycles. The highest BCUT2D eigenvalue weighted by Crippen LogP contribution is 2.32. The van der Waals surface area contributed by atoms with Crippen molar-refractivity contribution in [1.29, 1.82) is 0 Å². The van der Waals surface area contributed by atoms with E-state index in [0.717, 1.165) is 12.2 Å². The average molecular weight is 233 g/mol. The van der Waals surface area contributed by atoms with Crippen LogP contribution in [-0.2, 0) is 5.41 Å². The number of benzene rings is 1. The lowest BCUT2D eigenvalue weighted by atomic mass is 9.79. The van der Waals surface area contributed by atoms with Crippen LogP contribution in [0.15, 0.2) is 24.3 Å². The lowest BCUT2D eigenvalue weighted by molar-refractivity contribution is 0.302. The van der Waals surface area contributed by atoms with Gasteiger partial charge in [-0.1, -0.05) is 26.0 Å². The van der Waals surface area contributed by atoms with Gasteiger partial charge in [0.25, 0.3) is 0 Å². The first-order valence-electron chi connectivity index (χ1n) is 6.50. The van der Waals surface area contributed by atoms with Gasteiger partial charge in [-0.25, -0.2) is 0 Å². The zero-order chi connectivity index (χ0) is 12.5. The molecule has 0 amide bonds. The molecule has 2 nitrogen and oxygen atoms in total. The quantitative estimate of drug-likeness (QED) is 0.847. The monoisotopic (exact) mass is 233 g/mol. The number of nitrogens with two attached hydrogens (primary N) is 1. The predicted molar refractivity (Wildman–Crippen MR) is 71.4 cm³/mol. The zero-order valence-corrected chi connectivity index (χ0v) is 11.1. The first kappa shape index (κ1) is 12.4. The second-order valence-corrected chi connectivity index (χ2v) is 5.91. The molecule has 2 rings (SSSR count). The molecule has 0 radical (unpaired) electrons. The second-order valence-electron chi connectivity index (χ2n) is 5.91. The summed E-state index contributed by atoms with van der Waals surface area (Å²) in [6.45, 7) is 6.55. The molecule has 1 atom stereocenters. The fraction of sp³-hybridized carbons (Fsp3) is 0.600. The molecular formula is C15H23NO. The molecule has 1 aromatic rings. The SMILES string of the molecule is CC(N)CC(C)(C)c1cccc(OC2CC2)c1. The van der Waals surface area contributed by atoms with E-state index in [1.54, 1.807) is 0 Å². The van der Waals surface area contributed by atoms with E-state index >= 15 is 0 Å². The van der Waals surface area contributed by atoms with E-state index in [1.807, 2.05) is 6.07 Å². The third kappa shape index (κ3) is 3.47. The van der Waals surface area contributed by atoms with Gasteiger partial charge in [0.15, 0.2) is 0 Å². The summed E-state index contributed by atoms with van der Waals surface area (Å²) in [5.41, 5.74) is 7.33. The molecule has 0 spiro atoms. The maximum Gasteiger partial charge on any atom is 0.120 e. The highest BCUT2D eigenvalue weighted by Gasteiger charge is 2.25. The van der Waals surface area contributed by atoms with Crippen molar-refractivity contribution in [3.8, 4) is 5.75 Å². The molecule has 94 valence electrons. The molecule has 1 aliphatic carbocycles. The molecule has 1 aliphatic rings. The van der Waals surface area contributed by atoms with Crippen molar-refractivity contribution in [3.63, 3.8) is 0 Å². The smallest absolute Gasteiger partial charge is 0.120 e. The number of hydrogen-bond acceptors (Lipinski definition) is 2. The Morgan fingerprint density at radius 3 is 2.71 bits per heavy atom. The van der Waals surface area contributed by atoms with Crippen LogP contribution in [0.1, 0.15) is 45.6 Å². The molecule has 17 heavy (non-hydrogen) atoms. The normalized spacial score (nSPS) is 17.9. The predicted octanol–water partition coefficient (Wildman–Crippen LogP) is 3.24. The summed E-state index contributed by atoms with van der Waals surface area (Å²) in [5.74, 6) is 1.00. The van der Waals surface area contributed by atoms with Crippen molar-refractivity contribution in [2.24, 2.45) is 5.73 Å². The Morgan fingerprint density at radius 2 is 2.12 bits per heavy atom.